The van der Waals surface area contributed by atoms with Crippen LogP contribution in [0, 0.1) is 13.8 Å². The van der Waals surface area contributed by atoms with E-state index in [1.165, 1.54) is 0 Å². The molecule has 1 aliphatic rings. The van der Waals surface area contributed by atoms with E-state index in [1.54, 1.807) is 97.4 Å². The van der Waals surface area contributed by atoms with Gasteiger partial charge in [-0.25, -0.2) is 16.8 Å². The second-order valence-corrected chi connectivity index (χ2v) is 14.1. The Morgan fingerprint density at radius 3 is 1.31 bits per heavy atom. The van der Waals surface area contributed by atoms with Crippen LogP contribution in [0.15, 0.2) is 117 Å². The summed E-state index contributed by atoms with van der Waals surface area (Å²) < 4.78 is 60.1. The minimum absolute atomic E-state index is 0. The molecule has 0 spiro atoms. The molecule has 0 saturated heterocycles. The molecule has 0 aromatic heterocycles. The van der Waals surface area contributed by atoms with E-state index in [9.17, 15) is 16.8 Å². The van der Waals surface area contributed by atoms with E-state index in [2.05, 4.69) is 9.44 Å². The molecular formula is C34H34CuN4O4S2. The first-order valence-electron chi connectivity index (χ1n) is 14.4. The van der Waals surface area contributed by atoms with Crippen LogP contribution in [0.5, 0.6) is 0 Å². The Bertz CT molecular complexity index is 1740. The number of aliphatic imine (C=N–C) groups is 2. The van der Waals surface area contributed by atoms with Crippen molar-refractivity contribution in [2.75, 3.05) is 0 Å². The van der Waals surface area contributed by atoms with Gasteiger partial charge >= 0.3 is 17.1 Å². The van der Waals surface area contributed by atoms with Gasteiger partial charge in [-0.3, -0.25) is 9.98 Å². The molecule has 0 amide bonds. The minimum atomic E-state index is -3.89. The van der Waals surface area contributed by atoms with Gasteiger partial charge in [0.05, 0.1) is 21.9 Å². The molecule has 1 fully saturated rings. The second kappa shape index (κ2) is 15.0. The Morgan fingerprint density at radius 1 is 0.578 bits per heavy atom. The van der Waals surface area contributed by atoms with Crippen molar-refractivity contribution in [3.05, 3.63) is 129 Å². The fourth-order valence-corrected chi connectivity index (χ4v) is 6.96. The molecule has 1 aliphatic carbocycles. The Labute approximate surface area is 276 Å². The number of benzene rings is 4. The van der Waals surface area contributed by atoms with E-state index >= 15 is 0 Å². The average Bonchev–Trinajstić information content (AvgIpc) is 3.01. The normalized spacial score (nSPS) is 17.2. The molecule has 2 atom stereocenters. The van der Waals surface area contributed by atoms with E-state index in [-0.39, 0.29) is 38.9 Å². The van der Waals surface area contributed by atoms with Crippen LogP contribution >= 0.6 is 0 Å². The molecular weight excluding hydrogens is 656 g/mol. The second-order valence-electron chi connectivity index (χ2n) is 10.9. The summed E-state index contributed by atoms with van der Waals surface area (Å²) in [7, 11) is -7.79. The summed E-state index contributed by atoms with van der Waals surface area (Å²) in [6, 6.07) is 27.0. The molecule has 0 heterocycles. The average molecular weight is 690 g/mol. The van der Waals surface area contributed by atoms with Gasteiger partial charge in [0.1, 0.15) is 20.0 Å². The van der Waals surface area contributed by atoms with E-state index in [4.69, 9.17) is 9.98 Å². The van der Waals surface area contributed by atoms with Gasteiger partial charge in [0.25, 0.3) is 0 Å². The maximum Gasteiger partial charge on any atom is 2.00 e. The molecule has 237 valence electrons. The monoisotopic (exact) mass is 689 g/mol. The van der Waals surface area contributed by atoms with Crippen LogP contribution in [-0.4, -0.2) is 41.3 Å². The molecule has 1 saturated carbocycles. The zero-order valence-electron chi connectivity index (χ0n) is 24.9. The summed E-state index contributed by atoms with van der Waals surface area (Å²) in [6.45, 7) is 3.79. The fraction of sp³-hybridized carbons (Fsp3) is 0.235. The van der Waals surface area contributed by atoms with Crippen LogP contribution in [0.1, 0.15) is 47.9 Å². The number of hydrogen-bond donors (Lipinski definition) is 0. The Hall–Kier alpha value is -3.76. The molecule has 0 aliphatic heterocycles. The van der Waals surface area contributed by atoms with Crippen molar-refractivity contribution >= 4 is 43.9 Å². The molecule has 4 aromatic rings. The van der Waals surface area contributed by atoms with Crippen molar-refractivity contribution in [3.8, 4) is 0 Å². The molecule has 4 aromatic carbocycles. The third-order valence-electron chi connectivity index (χ3n) is 7.45. The van der Waals surface area contributed by atoms with Crippen molar-refractivity contribution in [3.63, 3.8) is 0 Å². The van der Waals surface area contributed by atoms with Gasteiger partial charge in [0.2, 0.25) is 0 Å². The van der Waals surface area contributed by atoms with Gasteiger partial charge in [-0.1, -0.05) is 96.8 Å². The first-order valence-corrected chi connectivity index (χ1v) is 17.3. The first kappa shape index (κ1) is 34.1. The molecule has 11 heteroatoms. The van der Waals surface area contributed by atoms with Gasteiger partial charge in [0.15, 0.2) is 0 Å². The smallest absolute Gasteiger partial charge is 0.572 e. The number of sulfonamides is 2. The molecule has 1 radical (unpaired) electrons. The molecule has 5 rings (SSSR count). The van der Waals surface area contributed by atoms with Crippen LogP contribution < -0.4 is 0 Å². The van der Waals surface area contributed by atoms with Gasteiger partial charge < -0.3 is 9.44 Å². The van der Waals surface area contributed by atoms with Crippen LogP contribution in [0.2, 0.25) is 0 Å². The van der Waals surface area contributed by atoms with Crippen LogP contribution in [0.3, 0.4) is 0 Å². The largest absolute Gasteiger partial charge is 2.00 e. The predicted molar refractivity (Wildman–Crippen MR) is 177 cm³/mol. The van der Waals surface area contributed by atoms with E-state index in [1.807, 2.05) is 26.0 Å². The Morgan fingerprint density at radius 2 is 0.933 bits per heavy atom. The topological polar surface area (TPSA) is 121 Å². The quantitative estimate of drug-likeness (QED) is 0.124. The third-order valence-corrected chi connectivity index (χ3v) is 10.1. The predicted octanol–water partition coefficient (Wildman–Crippen LogP) is 7.94. The zero-order valence-corrected chi connectivity index (χ0v) is 27.5. The zero-order chi connectivity index (χ0) is 31.2. The van der Waals surface area contributed by atoms with Gasteiger partial charge in [-0.05, 0) is 62.1 Å². The fourth-order valence-electron chi connectivity index (χ4n) is 4.94. The van der Waals surface area contributed by atoms with Crippen molar-refractivity contribution in [2.24, 2.45) is 9.98 Å². The summed E-state index contributed by atoms with van der Waals surface area (Å²) in [4.78, 5) is 9.94. The number of rotatable bonds is 10. The summed E-state index contributed by atoms with van der Waals surface area (Å²) in [5.74, 6) is 0. The van der Waals surface area contributed by atoms with Gasteiger partial charge in [-0.15, -0.1) is 11.4 Å². The van der Waals surface area contributed by atoms with Crippen molar-refractivity contribution < 1.29 is 33.9 Å². The van der Waals surface area contributed by atoms with Crippen molar-refractivity contribution in [1.29, 1.82) is 0 Å². The maximum atomic E-state index is 13.0. The van der Waals surface area contributed by atoms with Crippen molar-refractivity contribution in [1.82, 2.24) is 0 Å². The Balaban J connectivity index is 0.00000461. The summed E-state index contributed by atoms with van der Waals surface area (Å²) in [6.07, 6.45) is 7.02. The summed E-state index contributed by atoms with van der Waals surface area (Å²) in [5.41, 5.74) is 3.76. The first-order chi connectivity index (χ1) is 21.1. The van der Waals surface area contributed by atoms with E-state index < -0.39 is 20.0 Å². The Kier molecular flexibility index (Phi) is 11.4. The summed E-state index contributed by atoms with van der Waals surface area (Å²) >= 11 is 0. The van der Waals surface area contributed by atoms with Gasteiger partial charge in [-0.2, -0.15) is 0 Å². The number of hydrogen-bond acceptors (Lipinski definition) is 6. The third kappa shape index (κ3) is 8.92. The van der Waals surface area contributed by atoms with E-state index in [0.29, 0.717) is 22.5 Å². The molecule has 0 unspecified atom stereocenters. The van der Waals surface area contributed by atoms with Gasteiger partial charge in [0, 0.05) is 12.4 Å². The SMILES string of the molecule is Cc1ccc(S(=O)(=O)[N-]c2ccccc2C=N[C@@H]2CCCC[C@H]2N=Cc2ccccc2[N-]S(=O)(=O)c2ccc(C)cc2)cc1.[Cu+2]. The molecule has 8 nitrogen and oxygen atoms in total. The maximum absolute atomic E-state index is 13.0. The standard InChI is InChI=1S/C34H34N4O4S2.Cu/c1-25-15-19-29(20-16-25)43(39,40)37-31-11-5-3-9-27(31)23-35-33-13-7-8-14-34(33)36-24-28-10-4-6-12-32(28)38-44(41,42)30-21-17-26(2)18-22-30;/h3-6,9-12,15-24,33-34H,7-8,13-14H2,1-2H3;/q-2;+2/t33-,34-;/m1./s1. The minimum Gasteiger partial charge on any atom is -0.572 e. The van der Waals surface area contributed by atoms with Crippen LogP contribution in [-0.2, 0) is 37.1 Å². The van der Waals surface area contributed by atoms with Crippen molar-refractivity contribution in [2.45, 2.75) is 61.4 Å². The van der Waals surface area contributed by atoms with Crippen LogP contribution in [0.25, 0.3) is 9.44 Å². The number of nitrogens with zero attached hydrogens (tertiary/aromatic N) is 4. The number of aryl methyl sites for hydroxylation is 2. The molecule has 45 heavy (non-hydrogen) atoms. The molecule has 0 bridgehead atoms. The van der Waals surface area contributed by atoms with Crippen LogP contribution in [0.4, 0.5) is 11.4 Å². The molecule has 0 N–H and O–H groups in total. The summed E-state index contributed by atoms with van der Waals surface area (Å²) in [5, 5.41) is 0. The van der Waals surface area contributed by atoms with E-state index in [0.717, 1.165) is 36.8 Å².